The number of nitrogens with zero attached hydrogens (tertiary/aromatic N) is 1. The first-order chi connectivity index (χ1) is 12.2. The number of hydrogen-bond acceptors (Lipinski definition) is 2. The zero-order valence-electron chi connectivity index (χ0n) is 15.1. The van der Waals surface area contributed by atoms with E-state index in [0.717, 1.165) is 50.7 Å². The van der Waals surface area contributed by atoms with Crippen molar-refractivity contribution in [1.29, 1.82) is 0 Å². The summed E-state index contributed by atoms with van der Waals surface area (Å²) in [7, 11) is 1.81. The molecule has 1 heterocycles. The summed E-state index contributed by atoms with van der Waals surface area (Å²) in [5.74, 6) is 1.90. The van der Waals surface area contributed by atoms with Crippen LogP contribution in [-0.2, 0) is 19.3 Å². The number of fused-ring (bicyclic) bond motifs is 1. The molecule has 0 aliphatic carbocycles. The standard InChI is InChI=1S/C21H27N3O/c1-16-3-5-17(6-4-16)9-12-23-21(22-2)24-13-10-18-7-8-20-19(15-18)11-14-25-20/h3-8,15H,9-14H2,1-2H3,(H2,22,23,24). The minimum absolute atomic E-state index is 0.814. The number of aryl methyl sites for hydroxylation is 1. The van der Waals surface area contributed by atoms with E-state index in [2.05, 4.69) is 65.0 Å². The molecular formula is C21H27N3O. The van der Waals surface area contributed by atoms with Crippen LogP contribution in [0.4, 0.5) is 0 Å². The molecule has 0 atom stereocenters. The van der Waals surface area contributed by atoms with Gasteiger partial charge in [0.15, 0.2) is 5.96 Å². The van der Waals surface area contributed by atoms with E-state index in [0.29, 0.717) is 0 Å². The molecule has 0 bridgehead atoms. The van der Waals surface area contributed by atoms with Gasteiger partial charge in [-0.2, -0.15) is 0 Å². The number of guanidine groups is 1. The Kier molecular flexibility index (Phi) is 5.94. The molecule has 0 radical (unpaired) electrons. The van der Waals surface area contributed by atoms with E-state index in [9.17, 15) is 0 Å². The van der Waals surface area contributed by atoms with Gasteiger partial charge in [-0.3, -0.25) is 4.99 Å². The van der Waals surface area contributed by atoms with Crippen molar-refractivity contribution >= 4 is 5.96 Å². The third kappa shape index (κ3) is 4.99. The quantitative estimate of drug-likeness (QED) is 0.629. The number of aliphatic imine (C=N–C) groups is 1. The van der Waals surface area contributed by atoms with Crippen LogP contribution >= 0.6 is 0 Å². The van der Waals surface area contributed by atoms with Crippen molar-refractivity contribution in [3.63, 3.8) is 0 Å². The summed E-state index contributed by atoms with van der Waals surface area (Å²) in [5.41, 5.74) is 5.31. The van der Waals surface area contributed by atoms with E-state index in [4.69, 9.17) is 4.74 Å². The summed E-state index contributed by atoms with van der Waals surface area (Å²) in [6.07, 6.45) is 3.00. The Morgan fingerprint density at radius 1 is 1.00 bits per heavy atom. The Hall–Kier alpha value is -2.49. The summed E-state index contributed by atoms with van der Waals surface area (Å²) < 4.78 is 5.56. The summed E-state index contributed by atoms with van der Waals surface area (Å²) in [5, 5.41) is 6.77. The Labute approximate surface area is 150 Å². The highest BCUT2D eigenvalue weighted by Crippen LogP contribution is 2.25. The molecule has 4 heteroatoms. The number of rotatable bonds is 6. The molecule has 132 valence electrons. The van der Waals surface area contributed by atoms with Crippen LogP contribution in [0.2, 0.25) is 0 Å². The molecule has 0 unspecified atom stereocenters. The Balaban J connectivity index is 1.39. The third-order valence-corrected chi connectivity index (χ3v) is 4.51. The average Bonchev–Trinajstić information content (AvgIpc) is 3.10. The summed E-state index contributed by atoms with van der Waals surface area (Å²) in [6, 6.07) is 15.2. The minimum Gasteiger partial charge on any atom is -0.493 e. The van der Waals surface area contributed by atoms with E-state index in [1.165, 1.54) is 22.3 Å². The number of hydrogen-bond donors (Lipinski definition) is 2. The van der Waals surface area contributed by atoms with Gasteiger partial charge in [0.05, 0.1) is 6.61 Å². The SMILES string of the molecule is CN=C(NCCc1ccc(C)cc1)NCCc1ccc2c(c1)CCO2. The number of ether oxygens (including phenoxy) is 1. The van der Waals surface area contributed by atoms with Crippen LogP contribution in [0.15, 0.2) is 47.5 Å². The van der Waals surface area contributed by atoms with Crippen LogP contribution in [0.3, 0.4) is 0 Å². The molecule has 4 nitrogen and oxygen atoms in total. The predicted molar refractivity (Wildman–Crippen MR) is 104 cm³/mol. The second kappa shape index (κ2) is 8.56. The maximum absolute atomic E-state index is 5.56. The molecule has 1 aliphatic rings. The largest absolute Gasteiger partial charge is 0.493 e. The molecule has 1 aliphatic heterocycles. The summed E-state index contributed by atoms with van der Waals surface area (Å²) >= 11 is 0. The lowest BCUT2D eigenvalue weighted by molar-refractivity contribution is 0.357. The molecule has 25 heavy (non-hydrogen) atoms. The van der Waals surface area contributed by atoms with Gasteiger partial charge in [0.2, 0.25) is 0 Å². The average molecular weight is 337 g/mol. The van der Waals surface area contributed by atoms with Crippen LogP contribution in [0.25, 0.3) is 0 Å². The first-order valence-electron chi connectivity index (χ1n) is 8.99. The van der Waals surface area contributed by atoms with Crippen LogP contribution in [0, 0.1) is 6.92 Å². The van der Waals surface area contributed by atoms with Gasteiger partial charge >= 0.3 is 0 Å². The normalized spacial score (nSPS) is 13.3. The first-order valence-corrected chi connectivity index (χ1v) is 8.99. The van der Waals surface area contributed by atoms with Crippen LogP contribution < -0.4 is 15.4 Å². The lowest BCUT2D eigenvalue weighted by Gasteiger charge is -2.12. The van der Waals surface area contributed by atoms with Gasteiger partial charge < -0.3 is 15.4 Å². The monoisotopic (exact) mass is 337 g/mol. The van der Waals surface area contributed by atoms with Gasteiger partial charge in [-0.25, -0.2) is 0 Å². The molecule has 0 saturated heterocycles. The molecule has 2 aromatic carbocycles. The molecular weight excluding hydrogens is 310 g/mol. The number of nitrogens with one attached hydrogen (secondary N) is 2. The molecule has 3 rings (SSSR count). The Bertz CT molecular complexity index is 722. The van der Waals surface area contributed by atoms with Gasteiger partial charge in [-0.1, -0.05) is 42.0 Å². The fourth-order valence-electron chi connectivity index (χ4n) is 3.02. The molecule has 2 aromatic rings. The highest BCUT2D eigenvalue weighted by molar-refractivity contribution is 5.79. The molecule has 0 fully saturated rings. The molecule has 0 aromatic heterocycles. The van der Waals surface area contributed by atoms with Crippen LogP contribution in [0.5, 0.6) is 5.75 Å². The molecule has 0 spiro atoms. The van der Waals surface area contributed by atoms with E-state index in [1.54, 1.807) is 0 Å². The summed E-state index contributed by atoms with van der Waals surface area (Å²) in [4.78, 5) is 4.30. The minimum atomic E-state index is 0.814. The van der Waals surface area contributed by atoms with Crippen molar-refractivity contribution in [3.05, 3.63) is 64.7 Å². The topological polar surface area (TPSA) is 45.7 Å². The van der Waals surface area contributed by atoms with Gasteiger partial charge in [-0.15, -0.1) is 0 Å². The smallest absolute Gasteiger partial charge is 0.190 e. The van der Waals surface area contributed by atoms with Crippen LogP contribution in [-0.4, -0.2) is 32.7 Å². The van der Waals surface area contributed by atoms with E-state index >= 15 is 0 Å². The lowest BCUT2D eigenvalue weighted by Crippen LogP contribution is -2.39. The zero-order chi connectivity index (χ0) is 17.5. The fourth-order valence-corrected chi connectivity index (χ4v) is 3.02. The second-order valence-corrected chi connectivity index (χ2v) is 6.45. The van der Waals surface area contributed by atoms with Crippen molar-refractivity contribution in [2.75, 3.05) is 26.7 Å². The van der Waals surface area contributed by atoms with Gasteiger partial charge in [-0.05, 0) is 42.5 Å². The van der Waals surface area contributed by atoms with E-state index < -0.39 is 0 Å². The zero-order valence-corrected chi connectivity index (χ0v) is 15.1. The molecule has 2 N–H and O–H groups in total. The van der Waals surface area contributed by atoms with Crippen molar-refractivity contribution < 1.29 is 4.74 Å². The van der Waals surface area contributed by atoms with Gasteiger partial charge in [0, 0.05) is 26.6 Å². The summed E-state index contributed by atoms with van der Waals surface area (Å²) in [6.45, 7) is 4.67. The van der Waals surface area contributed by atoms with Gasteiger partial charge in [0.1, 0.15) is 5.75 Å². The van der Waals surface area contributed by atoms with Crippen molar-refractivity contribution in [3.8, 4) is 5.75 Å². The van der Waals surface area contributed by atoms with E-state index in [-0.39, 0.29) is 0 Å². The van der Waals surface area contributed by atoms with Crippen molar-refractivity contribution in [2.45, 2.75) is 26.2 Å². The number of benzene rings is 2. The first kappa shape index (κ1) is 17.3. The Morgan fingerprint density at radius 2 is 1.68 bits per heavy atom. The second-order valence-electron chi connectivity index (χ2n) is 6.45. The maximum Gasteiger partial charge on any atom is 0.190 e. The Morgan fingerprint density at radius 3 is 2.40 bits per heavy atom. The van der Waals surface area contributed by atoms with Crippen molar-refractivity contribution in [2.24, 2.45) is 4.99 Å². The molecule has 0 saturated carbocycles. The highest BCUT2D eigenvalue weighted by Gasteiger charge is 2.11. The van der Waals surface area contributed by atoms with E-state index in [1.807, 2.05) is 7.05 Å². The van der Waals surface area contributed by atoms with Crippen LogP contribution in [0.1, 0.15) is 22.3 Å². The third-order valence-electron chi connectivity index (χ3n) is 4.51. The van der Waals surface area contributed by atoms with Gasteiger partial charge in [0.25, 0.3) is 0 Å². The van der Waals surface area contributed by atoms with Crippen molar-refractivity contribution in [1.82, 2.24) is 10.6 Å². The highest BCUT2D eigenvalue weighted by atomic mass is 16.5. The predicted octanol–water partition coefficient (Wildman–Crippen LogP) is 2.88. The lowest BCUT2D eigenvalue weighted by atomic mass is 10.1. The maximum atomic E-state index is 5.56. The molecule has 0 amide bonds. The fraction of sp³-hybridized carbons (Fsp3) is 0.381.